The number of nitrogens with zero attached hydrogens (tertiary/aromatic N) is 1. The Morgan fingerprint density at radius 3 is 2.89 bits per heavy atom. The number of likely N-dealkylation sites (N-methyl/N-ethyl adjacent to an activating group) is 1. The molecule has 1 atom stereocenters. The molecule has 0 bridgehead atoms. The number of nitrogens with one attached hydrogen (secondary N) is 1. The number of carbonyl (C=O) groups is 1. The summed E-state index contributed by atoms with van der Waals surface area (Å²) in [6, 6.07) is 7.05. The summed E-state index contributed by atoms with van der Waals surface area (Å²) >= 11 is 0. The molecule has 0 spiro atoms. The third kappa shape index (κ3) is 2.56. The van der Waals surface area contributed by atoms with E-state index in [1.165, 1.54) is 11.1 Å². The summed E-state index contributed by atoms with van der Waals surface area (Å²) in [5.41, 5.74) is 3.78. The molecular formula is C15H22N2O. The lowest BCUT2D eigenvalue weighted by molar-refractivity contribution is -0.116. The van der Waals surface area contributed by atoms with Crippen LogP contribution in [0.25, 0.3) is 0 Å². The first-order valence-corrected chi connectivity index (χ1v) is 6.72. The Bertz CT molecular complexity index is 438. The summed E-state index contributed by atoms with van der Waals surface area (Å²) in [4.78, 5) is 13.3. The van der Waals surface area contributed by atoms with Crippen LogP contribution in [0.2, 0.25) is 0 Å². The summed E-state index contributed by atoms with van der Waals surface area (Å²) in [7, 11) is 2.01. The van der Waals surface area contributed by atoms with Crippen molar-refractivity contribution in [3.8, 4) is 0 Å². The quantitative estimate of drug-likeness (QED) is 0.882. The van der Waals surface area contributed by atoms with E-state index in [-0.39, 0.29) is 5.91 Å². The number of amides is 1. The second kappa shape index (κ2) is 5.53. The maximum absolute atomic E-state index is 11.5. The molecule has 3 nitrogen and oxygen atoms in total. The summed E-state index contributed by atoms with van der Waals surface area (Å²) < 4.78 is 0. The highest BCUT2D eigenvalue weighted by atomic mass is 16.2. The number of hydrogen-bond donors (Lipinski definition) is 1. The molecule has 1 heterocycles. The van der Waals surface area contributed by atoms with Crippen molar-refractivity contribution in [2.24, 2.45) is 0 Å². The molecule has 0 aromatic heterocycles. The van der Waals surface area contributed by atoms with E-state index in [4.69, 9.17) is 0 Å². The van der Waals surface area contributed by atoms with E-state index in [1.807, 2.05) is 11.9 Å². The molecule has 18 heavy (non-hydrogen) atoms. The van der Waals surface area contributed by atoms with Gasteiger partial charge in [0.2, 0.25) is 5.91 Å². The van der Waals surface area contributed by atoms with Crippen LogP contribution in [0.5, 0.6) is 0 Å². The molecule has 1 aromatic carbocycles. The highest BCUT2D eigenvalue weighted by molar-refractivity contribution is 5.93. The standard InChI is InChI=1S/C15H22N2O/c1-4-14(16-3)10-12-5-6-15-13(9-12)7-8-17(15)11(2)18/h5-6,9,14,16H,4,7-8,10H2,1-3H3. The minimum atomic E-state index is 0.142. The molecule has 1 aliphatic heterocycles. The highest BCUT2D eigenvalue weighted by Crippen LogP contribution is 2.29. The van der Waals surface area contributed by atoms with E-state index in [2.05, 4.69) is 30.4 Å². The molecule has 0 aliphatic carbocycles. The molecule has 0 fully saturated rings. The van der Waals surface area contributed by atoms with Gasteiger partial charge in [0.05, 0.1) is 0 Å². The average Bonchev–Trinajstić information content (AvgIpc) is 2.78. The molecule has 2 rings (SSSR count). The van der Waals surface area contributed by atoms with Gasteiger partial charge in [-0.05, 0) is 43.5 Å². The SMILES string of the molecule is CCC(Cc1ccc2c(c1)CCN2C(C)=O)NC. The van der Waals surface area contributed by atoms with Crippen LogP contribution < -0.4 is 10.2 Å². The van der Waals surface area contributed by atoms with Gasteiger partial charge in [0, 0.05) is 25.2 Å². The number of hydrogen-bond acceptors (Lipinski definition) is 2. The molecule has 0 saturated heterocycles. The van der Waals surface area contributed by atoms with Crippen LogP contribution in [0.15, 0.2) is 18.2 Å². The Labute approximate surface area is 109 Å². The van der Waals surface area contributed by atoms with Gasteiger partial charge in [-0.2, -0.15) is 0 Å². The van der Waals surface area contributed by atoms with Crippen LogP contribution in [0.3, 0.4) is 0 Å². The van der Waals surface area contributed by atoms with Crippen molar-refractivity contribution in [1.29, 1.82) is 0 Å². The maximum atomic E-state index is 11.5. The number of rotatable bonds is 4. The van der Waals surface area contributed by atoms with Gasteiger partial charge in [0.25, 0.3) is 0 Å². The van der Waals surface area contributed by atoms with Crippen molar-refractivity contribution in [1.82, 2.24) is 5.32 Å². The number of carbonyl (C=O) groups excluding carboxylic acids is 1. The lowest BCUT2D eigenvalue weighted by atomic mass is 10.0. The molecule has 3 heteroatoms. The number of anilines is 1. The molecule has 1 aromatic rings. The molecule has 1 N–H and O–H groups in total. The van der Waals surface area contributed by atoms with Crippen molar-refractivity contribution in [3.63, 3.8) is 0 Å². The molecule has 1 unspecified atom stereocenters. The van der Waals surface area contributed by atoms with Gasteiger partial charge >= 0.3 is 0 Å². The molecule has 98 valence electrons. The minimum Gasteiger partial charge on any atom is -0.317 e. The Hall–Kier alpha value is -1.35. The van der Waals surface area contributed by atoms with Crippen molar-refractivity contribution < 1.29 is 4.79 Å². The van der Waals surface area contributed by atoms with Crippen molar-refractivity contribution in [2.45, 2.75) is 39.2 Å². The first kappa shape index (κ1) is 13.1. The zero-order valence-electron chi connectivity index (χ0n) is 11.5. The fourth-order valence-electron chi connectivity index (χ4n) is 2.64. The van der Waals surface area contributed by atoms with Gasteiger partial charge in [-0.3, -0.25) is 4.79 Å². The Balaban J connectivity index is 2.17. The topological polar surface area (TPSA) is 32.3 Å². The van der Waals surface area contributed by atoms with Crippen LogP contribution in [-0.4, -0.2) is 25.5 Å². The highest BCUT2D eigenvalue weighted by Gasteiger charge is 2.22. The zero-order chi connectivity index (χ0) is 13.1. The van der Waals surface area contributed by atoms with Crippen molar-refractivity contribution in [3.05, 3.63) is 29.3 Å². The molecule has 0 saturated carbocycles. The smallest absolute Gasteiger partial charge is 0.223 e. The third-order valence-electron chi connectivity index (χ3n) is 3.80. The predicted molar refractivity (Wildman–Crippen MR) is 75.0 cm³/mol. The lowest BCUT2D eigenvalue weighted by Crippen LogP contribution is -2.26. The van der Waals surface area contributed by atoms with Gasteiger partial charge < -0.3 is 10.2 Å². The van der Waals surface area contributed by atoms with Gasteiger partial charge in [-0.15, -0.1) is 0 Å². The second-order valence-electron chi connectivity index (χ2n) is 4.98. The van der Waals surface area contributed by atoms with Gasteiger partial charge in [-0.25, -0.2) is 0 Å². The molecular weight excluding hydrogens is 224 g/mol. The third-order valence-corrected chi connectivity index (χ3v) is 3.80. The summed E-state index contributed by atoms with van der Waals surface area (Å²) in [6.07, 6.45) is 3.17. The predicted octanol–water partition coefficient (Wildman–Crippen LogP) is 2.14. The van der Waals surface area contributed by atoms with Gasteiger partial charge in [0.1, 0.15) is 0 Å². The number of benzene rings is 1. The van der Waals surface area contributed by atoms with E-state index in [1.54, 1.807) is 6.92 Å². The Kier molecular flexibility index (Phi) is 4.02. The van der Waals surface area contributed by atoms with Crippen LogP contribution in [0, 0.1) is 0 Å². The van der Waals surface area contributed by atoms with Crippen molar-refractivity contribution >= 4 is 11.6 Å². The summed E-state index contributed by atoms with van der Waals surface area (Å²) in [5.74, 6) is 0.142. The van der Waals surface area contributed by atoms with E-state index in [9.17, 15) is 4.79 Å². The van der Waals surface area contributed by atoms with Gasteiger partial charge in [0.15, 0.2) is 0 Å². The van der Waals surface area contributed by atoms with E-state index >= 15 is 0 Å². The van der Waals surface area contributed by atoms with Crippen LogP contribution in [0.1, 0.15) is 31.4 Å². The molecule has 1 aliphatic rings. The number of fused-ring (bicyclic) bond motifs is 1. The van der Waals surface area contributed by atoms with Gasteiger partial charge in [-0.1, -0.05) is 19.1 Å². The second-order valence-corrected chi connectivity index (χ2v) is 4.98. The normalized spacial score (nSPS) is 15.6. The first-order chi connectivity index (χ1) is 8.65. The summed E-state index contributed by atoms with van der Waals surface area (Å²) in [6.45, 7) is 4.67. The summed E-state index contributed by atoms with van der Waals surface area (Å²) in [5, 5.41) is 3.33. The van der Waals surface area contributed by atoms with E-state index in [0.29, 0.717) is 6.04 Å². The fraction of sp³-hybridized carbons (Fsp3) is 0.533. The fourth-order valence-corrected chi connectivity index (χ4v) is 2.64. The Morgan fingerprint density at radius 1 is 1.50 bits per heavy atom. The Morgan fingerprint density at radius 2 is 2.28 bits per heavy atom. The maximum Gasteiger partial charge on any atom is 0.223 e. The lowest BCUT2D eigenvalue weighted by Gasteiger charge is -2.16. The van der Waals surface area contributed by atoms with E-state index < -0.39 is 0 Å². The molecule has 0 radical (unpaired) electrons. The first-order valence-electron chi connectivity index (χ1n) is 6.72. The van der Waals surface area contributed by atoms with Crippen LogP contribution >= 0.6 is 0 Å². The van der Waals surface area contributed by atoms with Crippen LogP contribution in [0.4, 0.5) is 5.69 Å². The van der Waals surface area contributed by atoms with Crippen molar-refractivity contribution in [2.75, 3.05) is 18.5 Å². The average molecular weight is 246 g/mol. The van der Waals surface area contributed by atoms with Crippen LogP contribution in [-0.2, 0) is 17.6 Å². The molecule has 1 amide bonds. The minimum absolute atomic E-state index is 0.142. The monoisotopic (exact) mass is 246 g/mol. The van der Waals surface area contributed by atoms with E-state index in [0.717, 1.165) is 31.5 Å². The largest absolute Gasteiger partial charge is 0.317 e. The zero-order valence-corrected chi connectivity index (χ0v) is 11.5.